The molecule has 7 nitrogen and oxygen atoms in total. The number of cyclic esters (lactones) is 1. The van der Waals surface area contributed by atoms with Crippen molar-refractivity contribution in [1.29, 1.82) is 0 Å². The minimum atomic E-state index is -0.551. The molecule has 0 saturated carbocycles. The number of benzene rings is 2. The summed E-state index contributed by atoms with van der Waals surface area (Å²) in [4.78, 5) is 32.6. The molecular formula is C21H18Cl2N4O3. The summed E-state index contributed by atoms with van der Waals surface area (Å²) in [6.07, 6.45) is 1.65. The van der Waals surface area contributed by atoms with Gasteiger partial charge < -0.3 is 19.9 Å². The summed E-state index contributed by atoms with van der Waals surface area (Å²) in [5.41, 5.74) is 1.40. The second-order valence-corrected chi connectivity index (χ2v) is 7.53. The molecule has 0 atom stereocenters. The van der Waals surface area contributed by atoms with Crippen LogP contribution in [-0.4, -0.2) is 53.9 Å². The van der Waals surface area contributed by atoms with E-state index in [9.17, 15) is 9.59 Å². The third kappa shape index (κ3) is 4.42. The Morgan fingerprint density at radius 1 is 1.03 bits per heavy atom. The summed E-state index contributed by atoms with van der Waals surface area (Å²) in [5, 5.41) is 3.51. The molecule has 2 heterocycles. The van der Waals surface area contributed by atoms with Gasteiger partial charge in [-0.2, -0.15) is 0 Å². The minimum absolute atomic E-state index is 0.125. The van der Waals surface area contributed by atoms with Crippen molar-refractivity contribution in [3.8, 4) is 0 Å². The number of esters is 1. The lowest BCUT2D eigenvalue weighted by Gasteiger charge is -2.34. The summed E-state index contributed by atoms with van der Waals surface area (Å²) in [6, 6.07) is 14.2. The van der Waals surface area contributed by atoms with E-state index in [2.05, 4.69) is 10.3 Å². The first-order valence-corrected chi connectivity index (χ1v) is 10.1. The van der Waals surface area contributed by atoms with E-state index in [4.69, 9.17) is 27.9 Å². The highest BCUT2D eigenvalue weighted by molar-refractivity contribution is 6.44. The molecule has 2 aromatic rings. The van der Waals surface area contributed by atoms with Gasteiger partial charge in [-0.15, -0.1) is 0 Å². The molecular weight excluding hydrogens is 427 g/mol. The topological polar surface area (TPSA) is 74.2 Å². The molecule has 154 valence electrons. The van der Waals surface area contributed by atoms with Crippen molar-refractivity contribution in [2.24, 2.45) is 4.99 Å². The zero-order valence-electron chi connectivity index (χ0n) is 15.8. The van der Waals surface area contributed by atoms with Gasteiger partial charge in [0.1, 0.15) is 0 Å². The summed E-state index contributed by atoms with van der Waals surface area (Å²) in [7, 11) is 0. The Morgan fingerprint density at radius 3 is 2.50 bits per heavy atom. The van der Waals surface area contributed by atoms with Crippen LogP contribution in [-0.2, 0) is 9.53 Å². The third-order valence-corrected chi connectivity index (χ3v) is 5.55. The first-order valence-electron chi connectivity index (χ1n) is 9.33. The number of amides is 2. The molecule has 2 aliphatic heterocycles. The van der Waals surface area contributed by atoms with Crippen LogP contribution in [0.25, 0.3) is 0 Å². The normalized spacial score (nSPS) is 17.7. The largest absolute Gasteiger partial charge is 0.402 e. The molecule has 4 rings (SSSR count). The SMILES string of the molecule is O=C1OC(c2cccc(Cl)c2Cl)=NC1=CN1CCN(C(=O)Nc2ccccc2)CC1. The first kappa shape index (κ1) is 20.3. The molecule has 0 radical (unpaired) electrons. The van der Waals surface area contributed by atoms with E-state index in [-0.39, 0.29) is 22.6 Å². The van der Waals surface area contributed by atoms with Gasteiger partial charge in [0.2, 0.25) is 5.90 Å². The number of nitrogens with one attached hydrogen (secondary N) is 1. The highest BCUT2D eigenvalue weighted by Crippen LogP contribution is 2.28. The summed E-state index contributed by atoms with van der Waals surface area (Å²) in [5.74, 6) is -0.426. The number of carbonyl (C=O) groups is 2. The predicted molar refractivity (Wildman–Crippen MR) is 116 cm³/mol. The number of urea groups is 1. The van der Waals surface area contributed by atoms with Gasteiger partial charge in [-0.05, 0) is 24.3 Å². The van der Waals surface area contributed by atoms with Crippen molar-refractivity contribution >= 4 is 46.8 Å². The lowest BCUT2D eigenvalue weighted by atomic mass is 10.2. The van der Waals surface area contributed by atoms with Gasteiger partial charge in [-0.1, -0.05) is 47.5 Å². The Kier molecular flexibility index (Phi) is 5.92. The Balaban J connectivity index is 1.39. The van der Waals surface area contributed by atoms with E-state index in [1.54, 1.807) is 29.3 Å². The first-order chi connectivity index (χ1) is 14.5. The number of aliphatic imine (C=N–C) groups is 1. The van der Waals surface area contributed by atoms with Crippen molar-refractivity contribution in [2.75, 3.05) is 31.5 Å². The van der Waals surface area contributed by atoms with Gasteiger partial charge in [0.05, 0.1) is 15.6 Å². The van der Waals surface area contributed by atoms with Crippen LogP contribution in [0.4, 0.5) is 10.5 Å². The number of hydrogen-bond acceptors (Lipinski definition) is 5. The maximum atomic E-state index is 12.4. The number of carbonyl (C=O) groups excluding carboxylic acids is 2. The molecule has 0 aromatic heterocycles. The van der Waals surface area contributed by atoms with Gasteiger partial charge in [-0.25, -0.2) is 14.6 Å². The Bertz CT molecular complexity index is 1030. The fourth-order valence-electron chi connectivity index (χ4n) is 3.13. The van der Waals surface area contributed by atoms with Crippen molar-refractivity contribution in [3.05, 3.63) is 76.0 Å². The molecule has 30 heavy (non-hydrogen) atoms. The number of ether oxygens (including phenoxy) is 1. The average molecular weight is 445 g/mol. The average Bonchev–Trinajstić information content (AvgIpc) is 3.11. The molecule has 1 N–H and O–H groups in total. The number of piperazine rings is 1. The molecule has 0 bridgehead atoms. The number of para-hydroxylation sites is 1. The van der Waals surface area contributed by atoms with Crippen molar-refractivity contribution < 1.29 is 14.3 Å². The predicted octanol–water partition coefficient (Wildman–Crippen LogP) is 3.99. The zero-order valence-corrected chi connectivity index (χ0v) is 17.4. The second-order valence-electron chi connectivity index (χ2n) is 6.74. The van der Waals surface area contributed by atoms with Crippen LogP contribution < -0.4 is 5.32 Å². The number of nitrogens with zero attached hydrogens (tertiary/aromatic N) is 3. The van der Waals surface area contributed by atoms with E-state index < -0.39 is 5.97 Å². The van der Waals surface area contributed by atoms with Crippen LogP contribution in [0.15, 0.2) is 65.4 Å². The van der Waals surface area contributed by atoms with E-state index in [0.29, 0.717) is 36.8 Å². The van der Waals surface area contributed by atoms with Crippen LogP contribution in [0.5, 0.6) is 0 Å². The lowest BCUT2D eigenvalue weighted by Crippen LogP contribution is -2.48. The van der Waals surface area contributed by atoms with E-state index in [1.165, 1.54) is 0 Å². The van der Waals surface area contributed by atoms with Gasteiger partial charge in [0, 0.05) is 38.1 Å². The monoisotopic (exact) mass is 444 g/mol. The number of rotatable bonds is 3. The zero-order chi connectivity index (χ0) is 21.1. The van der Waals surface area contributed by atoms with Crippen molar-refractivity contribution in [2.45, 2.75) is 0 Å². The molecule has 0 aliphatic carbocycles. The Labute approximate surface area is 183 Å². The van der Waals surface area contributed by atoms with Gasteiger partial charge in [0.25, 0.3) is 0 Å². The molecule has 1 fully saturated rings. The third-order valence-electron chi connectivity index (χ3n) is 4.73. The van der Waals surface area contributed by atoms with Gasteiger partial charge >= 0.3 is 12.0 Å². The minimum Gasteiger partial charge on any atom is -0.402 e. The number of halogens is 2. The molecule has 2 amide bonds. The smallest absolute Gasteiger partial charge is 0.365 e. The van der Waals surface area contributed by atoms with Crippen LogP contribution >= 0.6 is 23.2 Å². The molecule has 2 aromatic carbocycles. The van der Waals surface area contributed by atoms with Gasteiger partial charge in [0.15, 0.2) is 5.70 Å². The van der Waals surface area contributed by atoms with Crippen LogP contribution in [0.3, 0.4) is 0 Å². The van der Waals surface area contributed by atoms with Crippen molar-refractivity contribution in [3.63, 3.8) is 0 Å². The van der Waals surface area contributed by atoms with E-state index in [1.807, 2.05) is 35.2 Å². The number of anilines is 1. The lowest BCUT2D eigenvalue weighted by molar-refractivity contribution is -0.130. The summed E-state index contributed by atoms with van der Waals surface area (Å²) in [6.45, 7) is 2.19. The van der Waals surface area contributed by atoms with Crippen LogP contribution in [0.2, 0.25) is 10.0 Å². The fraction of sp³-hybridized carbons (Fsp3) is 0.190. The highest BCUT2D eigenvalue weighted by Gasteiger charge is 2.28. The molecule has 0 unspecified atom stereocenters. The standard InChI is InChI=1S/C21H18Cl2N4O3/c22-16-8-4-7-15(18(16)23)19-25-17(20(28)30-19)13-26-9-11-27(12-10-26)21(29)24-14-5-2-1-3-6-14/h1-8,13H,9-12H2,(H,24,29). The Hall–Kier alpha value is -3.03. The highest BCUT2D eigenvalue weighted by atomic mass is 35.5. The molecule has 2 aliphatic rings. The summed E-state index contributed by atoms with van der Waals surface area (Å²) >= 11 is 12.2. The van der Waals surface area contributed by atoms with E-state index >= 15 is 0 Å². The van der Waals surface area contributed by atoms with Gasteiger partial charge in [-0.3, -0.25) is 0 Å². The van der Waals surface area contributed by atoms with Crippen LogP contribution in [0, 0.1) is 0 Å². The maximum absolute atomic E-state index is 12.4. The second kappa shape index (κ2) is 8.77. The fourth-order valence-corrected chi connectivity index (χ4v) is 3.52. The van der Waals surface area contributed by atoms with Crippen LogP contribution in [0.1, 0.15) is 5.56 Å². The molecule has 9 heteroatoms. The Morgan fingerprint density at radius 2 is 1.77 bits per heavy atom. The van der Waals surface area contributed by atoms with E-state index in [0.717, 1.165) is 5.69 Å². The maximum Gasteiger partial charge on any atom is 0.365 e. The van der Waals surface area contributed by atoms with Crippen molar-refractivity contribution in [1.82, 2.24) is 9.80 Å². The molecule has 0 spiro atoms. The molecule has 1 saturated heterocycles. The summed E-state index contributed by atoms with van der Waals surface area (Å²) < 4.78 is 5.26. The quantitative estimate of drug-likeness (QED) is 0.573. The number of hydrogen-bond donors (Lipinski definition) is 1.